The lowest BCUT2D eigenvalue weighted by molar-refractivity contribution is -0.124. The van der Waals surface area contributed by atoms with E-state index < -0.39 is 17.6 Å². The third-order valence-electron chi connectivity index (χ3n) is 4.20. The van der Waals surface area contributed by atoms with Gasteiger partial charge in [-0.15, -0.1) is 0 Å². The maximum absolute atomic E-state index is 14.0. The van der Waals surface area contributed by atoms with E-state index in [1.54, 1.807) is 12.1 Å². The summed E-state index contributed by atoms with van der Waals surface area (Å²) in [6.45, 7) is 0. The lowest BCUT2D eigenvalue weighted by Crippen LogP contribution is -2.26. The van der Waals surface area contributed by atoms with Crippen molar-refractivity contribution in [1.29, 1.82) is 0 Å². The molecule has 0 unspecified atom stereocenters. The van der Waals surface area contributed by atoms with Crippen LogP contribution in [0.4, 0.5) is 27.1 Å². The highest BCUT2D eigenvalue weighted by atomic mass is 19.1. The van der Waals surface area contributed by atoms with Crippen molar-refractivity contribution in [3.05, 3.63) is 60.4 Å². The summed E-state index contributed by atoms with van der Waals surface area (Å²) in [6.07, 6.45) is -0.324. The van der Waals surface area contributed by atoms with Gasteiger partial charge in [-0.05, 0) is 23.6 Å². The zero-order chi connectivity index (χ0) is 17.6. The zero-order valence-corrected chi connectivity index (χ0v) is 13.1. The molecule has 0 aromatic heterocycles. The third kappa shape index (κ3) is 2.48. The molecule has 0 aliphatic carbocycles. The number of nitrogens with zero attached hydrogens (tertiary/aromatic N) is 1. The molecule has 25 heavy (non-hydrogen) atoms. The van der Waals surface area contributed by atoms with E-state index in [9.17, 15) is 14.0 Å². The number of carbonyl (C=O) groups is 2. The van der Waals surface area contributed by atoms with Crippen molar-refractivity contribution in [2.24, 2.45) is 0 Å². The SMILES string of the molecule is Nc1ccc(N2C(=O)CC(=O)Nc3ccc4ccccc4c32)cc1F. The van der Waals surface area contributed by atoms with E-state index in [-0.39, 0.29) is 12.1 Å². The number of halogens is 1. The van der Waals surface area contributed by atoms with Crippen molar-refractivity contribution in [3.63, 3.8) is 0 Å². The number of hydrogen-bond acceptors (Lipinski definition) is 3. The Bertz CT molecular complexity index is 1030. The molecule has 0 bridgehead atoms. The molecule has 2 amide bonds. The minimum atomic E-state index is -0.615. The van der Waals surface area contributed by atoms with Crippen LogP contribution in [0.5, 0.6) is 0 Å². The average molecular weight is 335 g/mol. The Morgan fingerprint density at radius 3 is 2.64 bits per heavy atom. The molecular formula is C19H14FN3O2. The molecule has 0 spiro atoms. The van der Waals surface area contributed by atoms with Crippen LogP contribution in [0.25, 0.3) is 10.8 Å². The number of benzene rings is 3. The van der Waals surface area contributed by atoms with Gasteiger partial charge >= 0.3 is 0 Å². The Hall–Kier alpha value is -3.41. The second-order valence-corrected chi connectivity index (χ2v) is 5.84. The van der Waals surface area contributed by atoms with E-state index in [1.165, 1.54) is 17.0 Å². The number of anilines is 4. The summed E-state index contributed by atoms with van der Waals surface area (Å²) in [6, 6.07) is 15.3. The number of nitrogens with two attached hydrogens (primary N) is 1. The van der Waals surface area contributed by atoms with Crippen LogP contribution in [0.3, 0.4) is 0 Å². The van der Waals surface area contributed by atoms with E-state index in [2.05, 4.69) is 5.32 Å². The van der Waals surface area contributed by atoms with Gasteiger partial charge in [0.15, 0.2) is 0 Å². The summed E-state index contributed by atoms with van der Waals surface area (Å²) in [7, 11) is 0. The molecule has 124 valence electrons. The first-order chi connectivity index (χ1) is 12.0. The summed E-state index contributed by atoms with van der Waals surface area (Å²) in [5.41, 5.74) is 6.90. The average Bonchev–Trinajstić information content (AvgIpc) is 2.72. The third-order valence-corrected chi connectivity index (χ3v) is 4.20. The van der Waals surface area contributed by atoms with Gasteiger partial charge in [0.2, 0.25) is 11.8 Å². The fourth-order valence-electron chi connectivity index (χ4n) is 3.06. The minimum absolute atomic E-state index is 0.00151. The van der Waals surface area contributed by atoms with Gasteiger partial charge in [0.1, 0.15) is 12.2 Å². The Labute approximate surface area is 142 Å². The van der Waals surface area contributed by atoms with Gasteiger partial charge in [-0.2, -0.15) is 0 Å². The van der Waals surface area contributed by atoms with Crippen molar-refractivity contribution in [2.45, 2.75) is 6.42 Å². The predicted octanol–water partition coefficient (Wildman–Crippen LogP) is 3.57. The van der Waals surface area contributed by atoms with Crippen molar-refractivity contribution in [2.75, 3.05) is 16.0 Å². The lowest BCUT2D eigenvalue weighted by atomic mass is 10.1. The highest BCUT2D eigenvalue weighted by molar-refractivity contribution is 6.21. The van der Waals surface area contributed by atoms with E-state index >= 15 is 0 Å². The molecule has 3 aromatic carbocycles. The molecule has 0 saturated carbocycles. The highest BCUT2D eigenvalue weighted by Crippen LogP contribution is 2.41. The van der Waals surface area contributed by atoms with Crippen LogP contribution in [0.15, 0.2) is 54.6 Å². The number of carbonyl (C=O) groups excluding carboxylic acids is 2. The van der Waals surface area contributed by atoms with Gasteiger partial charge < -0.3 is 11.1 Å². The Morgan fingerprint density at radius 1 is 1.04 bits per heavy atom. The number of nitrogen functional groups attached to an aromatic ring is 1. The summed E-state index contributed by atoms with van der Waals surface area (Å²) in [5.74, 6) is -1.45. The van der Waals surface area contributed by atoms with Gasteiger partial charge in [-0.25, -0.2) is 4.39 Å². The number of nitrogens with one attached hydrogen (secondary N) is 1. The van der Waals surface area contributed by atoms with Crippen molar-refractivity contribution >= 4 is 45.3 Å². The maximum atomic E-state index is 14.0. The van der Waals surface area contributed by atoms with E-state index in [4.69, 9.17) is 5.73 Å². The quantitative estimate of drug-likeness (QED) is 0.527. The predicted molar refractivity (Wildman–Crippen MR) is 95.2 cm³/mol. The number of rotatable bonds is 1. The monoisotopic (exact) mass is 335 g/mol. The van der Waals surface area contributed by atoms with Gasteiger partial charge in [0.25, 0.3) is 0 Å². The van der Waals surface area contributed by atoms with E-state index in [0.29, 0.717) is 17.1 Å². The fraction of sp³-hybridized carbons (Fsp3) is 0.0526. The highest BCUT2D eigenvalue weighted by Gasteiger charge is 2.29. The largest absolute Gasteiger partial charge is 0.396 e. The fourth-order valence-corrected chi connectivity index (χ4v) is 3.06. The van der Waals surface area contributed by atoms with Gasteiger partial charge in [-0.1, -0.05) is 30.3 Å². The van der Waals surface area contributed by atoms with Gasteiger partial charge in [0.05, 0.1) is 22.7 Å². The van der Waals surface area contributed by atoms with Crippen LogP contribution in [0.1, 0.15) is 6.42 Å². The number of fused-ring (bicyclic) bond motifs is 3. The molecule has 3 N–H and O–H groups in total. The molecule has 5 nitrogen and oxygen atoms in total. The molecule has 0 fully saturated rings. The molecular weight excluding hydrogens is 321 g/mol. The molecule has 0 saturated heterocycles. The first-order valence-electron chi connectivity index (χ1n) is 7.74. The standard InChI is InChI=1S/C19H14FN3O2/c20-14-9-12(6-7-15(14)21)23-18(25)10-17(24)22-16-8-5-11-3-1-2-4-13(11)19(16)23/h1-9H,10,21H2,(H,22,24). The van der Waals surface area contributed by atoms with Gasteiger partial charge in [-0.3, -0.25) is 14.5 Å². The first-order valence-corrected chi connectivity index (χ1v) is 7.74. The van der Waals surface area contributed by atoms with Gasteiger partial charge in [0, 0.05) is 11.5 Å². The molecule has 0 atom stereocenters. The second kappa shape index (κ2) is 5.59. The van der Waals surface area contributed by atoms with Crippen molar-refractivity contribution < 1.29 is 14.0 Å². The summed E-state index contributed by atoms with van der Waals surface area (Å²) in [4.78, 5) is 26.1. The normalized spacial score (nSPS) is 14.2. The van der Waals surface area contributed by atoms with Crippen LogP contribution in [-0.4, -0.2) is 11.8 Å². The van der Waals surface area contributed by atoms with Crippen molar-refractivity contribution in [1.82, 2.24) is 0 Å². The minimum Gasteiger partial charge on any atom is -0.396 e. The van der Waals surface area contributed by atoms with Crippen LogP contribution in [-0.2, 0) is 9.59 Å². The summed E-state index contributed by atoms with van der Waals surface area (Å²) < 4.78 is 14.0. The maximum Gasteiger partial charge on any atom is 0.241 e. The van der Waals surface area contributed by atoms with E-state index in [1.807, 2.05) is 30.3 Å². The van der Waals surface area contributed by atoms with Crippen molar-refractivity contribution in [3.8, 4) is 0 Å². The molecule has 1 aliphatic rings. The van der Waals surface area contributed by atoms with Crippen LogP contribution < -0.4 is 16.0 Å². The lowest BCUT2D eigenvalue weighted by Gasteiger charge is -2.24. The molecule has 1 heterocycles. The first kappa shape index (κ1) is 15.1. The number of amides is 2. The topological polar surface area (TPSA) is 75.4 Å². The molecule has 0 radical (unpaired) electrons. The molecule has 6 heteroatoms. The molecule has 3 aromatic rings. The molecule has 4 rings (SSSR count). The Morgan fingerprint density at radius 2 is 1.84 bits per heavy atom. The summed E-state index contributed by atoms with van der Waals surface area (Å²) >= 11 is 0. The smallest absolute Gasteiger partial charge is 0.241 e. The van der Waals surface area contributed by atoms with E-state index in [0.717, 1.165) is 10.8 Å². The molecule has 1 aliphatic heterocycles. The Balaban J connectivity index is 2.03. The van der Waals surface area contributed by atoms with Crippen LogP contribution >= 0.6 is 0 Å². The van der Waals surface area contributed by atoms with Crippen LogP contribution in [0, 0.1) is 5.82 Å². The Kier molecular flexibility index (Phi) is 3.39. The van der Waals surface area contributed by atoms with Crippen LogP contribution in [0.2, 0.25) is 0 Å². The second-order valence-electron chi connectivity index (χ2n) is 5.84. The summed E-state index contributed by atoms with van der Waals surface area (Å²) in [5, 5.41) is 4.44. The number of hydrogen-bond donors (Lipinski definition) is 2. The zero-order valence-electron chi connectivity index (χ0n) is 13.1.